The van der Waals surface area contributed by atoms with Crippen molar-refractivity contribution in [2.75, 3.05) is 6.54 Å². The molecule has 1 unspecified atom stereocenters. The van der Waals surface area contributed by atoms with Crippen LogP contribution in [0, 0.1) is 5.82 Å². The van der Waals surface area contributed by atoms with Gasteiger partial charge in [0.05, 0.1) is 0 Å². The summed E-state index contributed by atoms with van der Waals surface area (Å²) in [5, 5.41) is 0. The number of nitrogens with two attached hydrogens (primary N) is 1. The molecular formula is C17H20FN. The van der Waals surface area contributed by atoms with Crippen LogP contribution < -0.4 is 5.73 Å². The number of halogens is 1. The predicted octanol–water partition coefficient (Wildman–Crippen LogP) is 4.34. The number of benzene rings is 2. The lowest BCUT2D eigenvalue weighted by Gasteiger charge is -2.12. The molecule has 0 saturated heterocycles. The number of hydrogen-bond donors (Lipinski definition) is 1. The third kappa shape index (κ3) is 3.65. The Hall–Kier alpha value is -1.67. The normalized spacial score (nSPS) is 12.4. The van der Waals surface area contributed by atoms with Gasteiger partial charge in [-0.15, -0.1) is 0 Å². The molecular weight excluding hydrogens is 237 g/mol. The van der Waals surface area contributed by atoms with Crippen LogP contribution in [0.25, 0.3) is 11.1 Å². The van der Waals surface area contributed by atoms with Gasteiger partial charge in [-0.05, 0) is 54.1 Å². The SMILES string of the molecule is CC(CCCN)c1ccc(-c2ccc(F)cc2)cc1. The molecule has 0 aliphatic rings. The summed E-state index contributed by atoms with van der Waals surface area (Å²) in [6.07, 6.45) is 2.17. The van der Waals surface area contributed by atoms with E-state index in [1.807, 2.05) is 12.1 Å². The van der Waals surface area contributed by atoms with Crippen LogP contribution in [0.4, 0.5) is 4.39 Å². The van der Waals surface area contributed by atoms with E-state index in [0.717, 1.165) is 30.5 Å². The molecule has 1 atom stereocenters. The second-order valence-electron chi connectivity index (χ2n) is 4.96. The Morgan fingerprint density at radius 2 is 1.47 bits per heavy atom. The maximum atomic E-state index is 12.9. The molecule has 0 saturated carbocycles. The van der Waals surface area contributed by atoms with Gasteiger partial charge in [0.1, 0.15) is 5.82 Å². The highest BCUT2D eigenvalue weighted by Crippen LogP contribution is 2.25. The minimum absolute atomic E-state index is 0.198. The molecule has 2 aromatic carbocycles. The molecule has 2 aromatic rings. The molecule has 100 valence electrons. The minimum Gasteiger partial charge on any atom is -0.330 e. The Labute approximate surface area is 114 Å². The first kappa shape index (κ1) is 13.8. The van der Waals surface area contributed by atoms with Crippen molar-refractivity contribution in [1.82, 2.24) is 0 Å². The molecule has 0 heterocycles. The molecule has 0 aliphatic carbocycles. The second kappa shape index (κ2) is 6.48. The lowest BCUT2D eigenvalue weighted by atomic mass is 9.94. The van der Waals surface area contributed by atoms with Crippen molar-refractivity contribution in [3.63, 3.8) is 0 Å². The maximum absolute atomic E-state index is 12.9. The smallest absolute Gasteiger partial charge is 0.123 e. The number of hydrogen-bond acceptors (Lipinski definition) is 1. The lowest BCUT2D eigenvalue weighted by molar-refractivity contribution is 0.628. The molecule has 0 bridgehead atoms. The lowest BCUT2D eigenvalue weighted by Crippen LogP contribution is -2.01. The predicted molar refractivity (Wildman–Crippen MR) is 78.5 cm³/mol. The van der Waals surface area contributed by atoms with Gasteiger partial charge in [0.15, 0.2) is 0 Å². The minimum atomic E-state index is -0.198. The van der Waals surface area contributed by atoms with Crippen molar-refractivity contribution in [3.05, 3.63) is 59.9 Å². The van der Waals surface area contributed by atoms with E-state index in [9.17, 15) is 4.39 Å². The molecule has 0 spiro atoms. The second-order valence-corrected chi connectivity index (χ2v) is 4.96. The Bertz CT molecular complexity index is 502. The fourth-order valence-corrected chi connectivity index (χ4v) is 2.24. The van der Waals surface area contributed by atoms with Gasteiger partial charge in [-0.1, -0.05) is 43.3 Å². The first-order chi connectivity index (χ1) is 9.20. The summed E-state index contributed by atoms with van der Waals surface area (Å²) in [6.45, 7) is 2.97. The molecule has 0 radical (unpaired) electrons. The zero-order valence-electron chi connectivity index (χ0n) is 11.3. The van der Waals surface area contributed by atoms with E-state index in [1.54, 1.807) is 0 Å². The van der Waals surface area contributed by atoms with Crippen molar-refractivity contribution in [1.29, 1.82) is 0 Å². The summed E-state index contributed by atoms with van der Waals surface area (Å²) in [7, 11) is 0. The van der Waals surface area contributed by atoms with Gasteiger partial charge < -0.3 is 5.73 Å². The first-order valence-corrected chi connectivity index (χ1v) is 6.76. The topological polar surface area (TPSA) is 26.0 Å². The monoisotopic (exact) mass is 257 g/mol. The highest BCUT2D eigenvalue weighted by Gasteiger charge is 2.05. The van der Waals surface area contributed by atoms with E-state index in [2.05, 4.69) is 31.2 Å². The zero-order chi connectivity index (χ0) is 13.7. The van der Waals surface area contributed by atoms with Crippen molar-refractivity contribution < 1.29 is 4.39 Å². The van der Waals surface area contributed by atoms with Crippen LogP contribution in [0.3, 0.4) is 0 Å². The maximum Gasteiger partial charge on any atom is 0.123 e. The van der Waals surface area contributed by atoms with Gasteiger partial charge in [0.2, 0.25) is 0 Å². The van der Waals surface area contributed by atoms with Crippen molar-refractivity contribution in [3.8, 4) is 11.1 Å². The highest BCUT2D eigenvalue weighted by atomic mass is 19.1. The zero-order valence-corrected chi connectivity index (χ0v) is 11.3. The van der Waals surface area contributed by atoms with E-state index in [4.69, 9.17) is 5.73 Å². The van der Waals surface area contributed by atoms with Crippen LogP contribution in [-0.2, 0) is 0 Å². The van der Waals surface area contributed by atoms with Gasteiger partial charge in [0.25, 0.3) is 0 Å². The van der Waals surface area contributed by atoms with Crippen LogP contribution in [0.1, 0.15) is 31.2 Å². The van der Waals surface area contributed by atoms with Gasteiger partial charge in [0, 0.05) is 0 Å². The summed E-state index contributed by atoms with van der Waals surface area (Å²) in [6, 6.07) is 15.1. The summed E-state index contributed by atoms with van der Waals surface area (Å²) in [5.74, 6) is 0.335. The Morgan fingerprint density at radius 3 is 2.00 bits per heavy atom. The molecule has 0 amide bonds. The van der Waals surface area contributed by atoms with Gasteiger partial charge in [-0.2, -0.15) is 0 Å². The van der Waals surface area contributed by atoms with E-state index in [0.29, 0.717) is 5.92 Å². The Morgan fingerprint density at radius 1 is 0.947 bits per heavy atom. The van der Waals surface area contributed by atoms with Crippen LogP contribution in [-0.4, -0.2) is 6.54 Å². The number of rotatable bonds is 5. The van der Waals surface area contributed by atoms with E-state index in [1.165, 1.54) is 17.7 Å². The molecule has 1 nitrogen and oxygen atoms in total. The third-order valence-corrected chi connectivity index (χ3v) is 3.50. The summed E-state index contributed by atoms with van der Waals surface area (Å²) < 4.78 is 12.9. The fraction of sp³-hybridized carbons (Fsp3) is 0.294. The molecule has 2 heteroatoms. The van der Waals surface area contributed by atoms with E-state index in [-0.39, 0.29) is 5.82 Å². The van der Waals surface area contributed by atoms with E-state index < -0.39 is 0 Å². The average molecular weight is 257 g/mol. The standard InChI is InChI=1S/C17H20FN/c1-13(3-2-12-19)14-4-6-15(7-5-14)16-8-10-17(18)11-9-16/h4-11,13H,2-3,12,19H2,1H3. The summed E-state index contributed by atoms with van der Waals surface area (Å²) >= 11 is 0. The van der Waals surface area contributed by atoms with Crippen LogP contribution in [0.15, 0.2) is 48.5 Å². The Kier molecular flexibility index (Phi) is 4.69. The average Bonchev–Trinajstić information content (AvgIpc) is 2.46. The third-order valence-electron chi connectivity index (χ3n) is 3.50. The molecule has 0 aromatic heterocycles. The van der Waals surface area contributed by atoms with Crippen LogP contribution in [0.5, 0.6) is 0 Å². The van der Waals surface area contributed by atoms with Crippen molar-refractivity contribution in [2.45, 2.75) is 25.7 Å². The quantitative estimate of drug-likeness (QED) is 0.847. The van der Waals surface area contributed by atoms with Gasteiger partial charge in [-0.25, -0.2) is 4.39 Å². The largest absolute Gasteiger partial charge is 0.330 e. The highest BCUT2D eigenvalue weighted by molar-refractivity contribution is 5.63. The van der Waals surface area contributed by atoms with Crippen LogP contribution in [0.2, 0.25) is 0 Å². The van der Waals surface area contributed by atoms with Crippen molar-refractivity contribution in [2.24, 2.45) is 5.73 Å². The van der Waals surface area contributed by atoms with Crippen molar-refractivity contribution >= 4 is 0 Å². The first-order valence-electron chi connectivity index (χ1n) is 6.76. The summed E-state index contributed by atoms with van der Waals surface area (Å²) in [4.78, 5) is 0. The molecule has 0 fully saturated rings. The molecule has 0 aliphatic heterocycles. The van der Waals surface area contributed by atoms with Gasteiger partial charge >= 0.3 is 0 Å². The van der Waals surface area contributed by atoms with Gasteiger partial charge in [-0.3, -0.25) is 0 Å². The molecule has 2 N–H and O–H groups in total. The summed E-state index contributed by atoms with van der Waals surface area (Å²) in [5.41, 5.74) is 9.03. The Balaban J connectivity index is 2.11. The van der Waals surface area contributed by atoms with Crippen LogP contribution >= 0.6 is 0 Å². The fourth-order valence-electron chi connectivity index (χ4n) is 2.24. The molecule has 2 rings (SSSR count). The molecule has 19 heavy (non-hydrogen) atoms. The van der Waals surface area contributed by atoms with E-state index >= 15 is 0 Å².